The van der Waals surface area contributed by atoms with E-state index in [1.165, 1.54) is 11.8 Å². The molecule has 0 fully saturated rings. The number of nitriles is 1. The molecule has 32 heavy (non-hydrogen) atoms. The van der Waals surface area contributed by atoms with Gasteiger partial charge >= 0.3 is 0 Å². The minimum Gasteiger partial charge on any atom is -0.396 e. The number of allylic oxidation sites excluding steroid dienone is 1. The van der Waals surface area contributed by atoms with Gasteiger partial charge in [0.05, 0.1) is 28.5 Å². The molecule has 3 aromatic heterocycles. The Hall–Kier alpha value is -3.69. The number of aromatic nitrogens is 4. The SMILES string of the molecule is CC/C=C(\c1cc(C#N)c(C)cc1C)c1cncc(N)c1Cl.Cc1ccn2cnnc2c1. The molecule has 0 spiro atoms. The molecule has 0 aliphatic carbocycles. The third kappa shape index (κ3) is 4.96. The van der Waals surface area contributed by atoms with Crippen LogP contribution < -0.4 is 5.73 Å². The molecule has 0 bridgehead atoms. The molecule has 0 amide bonds. The van der Waals surface area contributed by atoms with Crippen molar-refractivity contribution in [3.63, 3.8) is 0 Å². The van der Waals surface area contributed by atoms with Gasteiger partial charge in [0, 0.05) is 18.0 Å². The Bertz CT molecular complexity index is 1330. The van der Waals surface area contributed by atoms with Crippen molar-refractivity contribution in [2.45, 2.75) is 34.1 Å². The minimum absolute atomic E-state index is 0.450. The van der Waals surface area contributed by atoms with Crippen molar-refractivity contribution in [3.8, 4) is 6.07 Å². The highest BCUT2D eigenvalue weighted by Gasteiger charge is 2.15. The van der Waals surface area contributed by atoms with Crippen LogP contribution in [0.25, 0.3) is 11.2 Å². The maximum Gasteiger partial charge on any atom is 0.160 e. The Morgan fingerprint density at radius 1 is 1.16 bits per heavy atom. The molecule has 2 N–H and O–H groups in total. The summed E-state index contributed by atoms with van der Waals surface area (Å²) < 4.78 is 1.88. The number of pyridine rings is 2. The van der Waals surface area contributed by atoms with Gasteiger partial charge in [-0.15, -0.1) is 10.2 Å². The second-order valence-electron chi connectivity index (χ2n) is 7.51. The summed E-state index contributed by atoms with van der Waals surface area (Å²) in [6.07, 6.45) is 9.82. The van der Waals surface area contributed by atoms with Crippen molar-refractivity contribution < 1.29 is 0 Å². The normalized spacial score (nSPS) is 11.1. The number of nitrogens with zero attached hydrogens (tertiary/aromatic N) is 5. The molecular weight excluding hydrogens is 420 g/mol. The van der Waals surface area contributed by atoms with Crippen LogP contribution in [0.15, 0.2) is 55.3 Å². The zero-order chi connectivity index (χ0) is 23.3. The second-order valence-corrected chi connectivity index (χ2v) is 7.89. The fourth-order valence-corrected chi connectivity index (χ4v) is 3.60. The highest BCUT2D eigenvalue weighted by molar-refractivity contribution is 6.35. The molecule has 6 nitrogen and oxygen atoms in total. The van der Waals surface area contributed by atoms with Crippen LogP contribution >= 0.6 is 11.6 Å². The number of hydrogen-bond donors (Lipinski definition) is 1. The monoisotopic (exact) mass is 444 g/mol. The average molecular weight is 445 g/mol. The smallest absolute Gasteiger partial charge is 0.160 e. The molecule has 1 aromatic carbocycles. The number of fused-ring (bicyclic) bond motifs is 1. The summed E-state index contributed by atoms with van der Waals surface area (Å²) in [4.78, 5) is 4.15. The predicted octanol–water partition coefficient (Wildman–Crippen LogP) is 5.69. The molecule has 0 saturated heterocycles. The average Bonchev–Trinajstić information content (AvgIpc) is 3.23. The fourth-order valence-electron chi connectivity index (χ4n) is 3.40. The second kappa shape index (κ2) is 10.1. The molecule has 0 saturated carbocycles. The number of hydrogen-bond acceptors (Lipinski definition) is 5. The Labute approximate surface area is 193 Å². The molecule has 0 radical (unpaired) electrons. The fraction of sp³-hybridized carbons (Fsp3) is 0.200. The summed E-state index contributed by atoms with van der Waals surface area (Å²) in [6.45, 7) is 8.06. The van der Waals surface area contributed by atoms with Gasteiger partial charge in [-0.3, -0.25) is 9.38 Å². The van der Waals surface area contributed by atoms with Crippen LogP contribution in [0, 0.1) is 32.1 Å². The van der Waals surface area contributed by atoms with Gasteiger partial charge in [0.1, 0.15) is 6.33 Å². The lowest BCUT2D eigenvalue weighted by Crippen LogP contribution is -1.99. The van der Waals surface area contributed by atoms with Crippen molar-refractivity contribution >= 4 is 28.5 Å². The number of benzene rings is 1. The van der Waals surface area contributed by atoms with E-state index in [0.717, 1.165) is 39.9 Å². The zero-order valence-electron chi connectivity index (χ0n) is 18.6. The molecule has 4 rings (SSSR count). The lowest BCUT2D eigenvalue weighted by molar-refractivity contribution is 1.10. The molecule has 4 aromatic rings. The highest BCUT2D eigenvalue weighted by Crippen LogP contribution is 2.34. The van der Waals surface area contributed by atoms with E-state index in [1.807, 2.05) is 55.6 Å². The van der Waals surface area contributed by atoms with Crippen LogP contribution in [0.4, 0.5) is 5.69 Å². The molecule has 0 aliphatic heterocycles. The largest absolute Gasteiger partial charge is 0.396 e. The third-order valence-corrected chi connectivity index (χ3v) is 5.46. The summed E-state index contributed by atoms with van der Waals surface area (Å²) in [7, 11) is 0. The van der Waals surface area contributed by atoms with Crippen molar-refractivity contribution in [2.75, 3.05) is 5.73 Å². The quantitative estimate of drug-likeness (QED) is 0.438. The Morgan fingerprint density at radius 3 is 2.66 bits per heavy atom. The molecular formula is C25H25ClN6. The van der Waals surface area contributed by atoms with E-state index in [9.17, 15) is 5.26 Å². The van der Waals surface area contributed by atoms with Crippen molar-refractivity contribution in [3.05, 3.63) is 93.7 Å². The van der Waals surface area contributed by atoms with Crippen LogP contribution in [-0.2, 0) is 0 Å². The van der Waals surface area contributed by atoms with Gasteiger partial charge in [-0.05, 0) is 73.2 Å². The Morgan fingerprint density at radius 2 is 1.94 bits per heavy atom. The first-order valence-electron chi connectivity index (χ1n) is 10.2. The van der Waals surface area contributed by atoms with E-state index in [4.69, 9.17) is 17.3 Å². The summed E-state index contributed by atoms with van der Waals surface area (Å²) in [5.41, 5.74) is 13.9. The van der Waals surface area contributed by atoms with E-state index in [2.05, 4.69) is 34.3 Å². The first kappa shape index (κ1) is 23.0. The Balaban J connectivity index is 0.000000238. The van der Waals surface area contributed by atoms with E-state index >= 15 is 0 Å². The molecule has 0 aliphatic rings. The topological polar surface area (TPSA) is 92.9 Å². The molecule has 7 heteroatoms. The summed E-state index contributed by atoms with van der Waals surface area (Å²) in [5, 5.41) is 17.4. The number of halogens is 1. The number of nitrogens with two attached hydrogens (primary N) is 1. The predicted molar refractivity (Wildman–Crippen MR) is 129 cm³/mol. The lowest BCUT2D eigenvalue weighted by Gasteiger charge is -2.15. The van der Waals surface area contributed by atoms with Gasteiger partial charge in [-0.2, -0.15) is 5.26 Å². The minimum atomic E-state index is 0.450. The van der Waals surface area contributed by atoms with E-state index in [-0.39, 0.29) is 0 Å². The van der Waals surface area contributed by atoms with Crippen LogP contribution in [0.5, 0.6) is 0 Å². The molecule has 162 valence electrons. The van der Waals surface area contributed by atoms with Crippen molar-refractivity contribution in [1.82, 2.24) is 19.6 Å². The Kier molecular flexibility index (Phi) is 7.24. The van der Waals surface area contributed by atoms with E-state index in [0.29, 0.717) is 16.3 Å². The first-order valence-corrected chi connectivity index (χ1v) is 10.6. The number of nitrogen functional groups attached to an aromatic ring is 1. The molecule has 3 heterocycles. The van der Waals surface area contributed by atoms with Crippen LogP contribution in [0.1, 0.15) is 46.7 Å². The van der Waals surface area contributed by atoms with Gasteiger partial charge in [0.15, 0.2) is 5.65 Å². The van der Waals surface area contributed by atoms with Gasteiger partial charge in [0.25, 0.3) is 0 Å². The summed E-state index contributed by atoms with van der Waals surface area (Å²) >= 11 is 6.36. The highest BCUT2D eigenvalue weighted by atomic mass is 35.5. The third-order valence-electron chi connectivity index (χ3n) is 5.04. The molecule has 0 atom stereocenters. The number of anilines is 1. The maximum atomic E-state index is 9.29. The molecule has 0 unspecified atom stereocenters. The van der Waals surface area contributed by atoms with E-state index < -0.39 is 0 Å². The lowest BCUT2D eigenvalue weighted by atomic mass is 9.91. The number of rotatable bonds is 3. The van der Waals surface area contributed by atoms with E-state index in [1.54, 1.807) is 12.5 Å². The maximum absolute atomic E-state index is 9.29. The number of aryl methyl sites for hydroxylation is 3. The van der Waals surface area contributed by atoms with Crippen molar-refractivity contribution in [2.24, 2.45) is 0 Å². The summed E-state index contributed by atoms with van der Waals surface area (Å²) in [6, 6.07) is 10.2. The standard InChI is InChI=1S/C18H18ClN3.C7H7N3/c1-4-5-14(16-9-22-10-17(21)18(16)19)15-7-13(8-20)11(2)6-12(15)3;1-6-2-3-10-5-8-9-7(10)4-6/h5-7,9-10H,4,21H2,1-3H3;2-5H,1H3/b14-5+;. The van der Waals surface area contributed by atoms with Gasteiger partial charge in [-0.25, -0.2) is 0 Å². The van der Waals surface area contributed by atoms with Crippen LogP contribution in [-0.4, -0.2) is 19.6 Å². The zero-order valence-corrected chi connectivity index (χ0v) is 19.4. The van der Waals surface area contributed by atoms with Gasteiger partial charge in [-0.1, -0.05) is 30.7 Å². The van der Waals surface area contributed by atoms with Crippen LogP contribution in [0.3, 0.4) is 0 Å². The van der Waals surface area contributed by atoms with Crippen molar-refractivity contribution in [1.29, 1.82) is 5.26 Å². The van der Waals surface area contributed by atoms with Gasteiger partial charge < -0.3 is 5.73 Å². The first-order chi connectivity index (χ1) is 15.3. The summed E-state index contributed by atoms with van der Waals surface area (Å²) in [5.74, 6) is 0. The van der Waals surface area contributed by atoms with Gasteiger partial charge in [0.2, 0.25) is 0 Å². The van der Waals surface area contributed by atoms with Crippen LogP contribution in [0.2, 0.25) is 5.02 Å².